The van der Waals surface area contributed by atoms with Gasteiger partial charge < -0.3 is 16.2 Å². The Morgan fingerprint density at radius 2 is 1.64 bits per heavy atom. The summed E-state index contributed by atoms with van der Waals surface area (Å²) in [5.74, 6) is -0.701. The van der Waals surface area contributed by atoms with Gasteiger partial charge in [-0.3, -0.25) is 15.6 Å². The summed E-state index contributed by atoms with van der Waals surface area (Å²) in [6, 6.07) is 15.4. The quantitative estimate of drug-likeness (QED) is 0.394. The minimum Gasteiger partial charge on any atom is -0.478 e. The molecule has 1 amide bonds. The standard InChI is InChI=1S/C19H18N6O3/c20-16-17(23-14-8-6-13(7-9-14)19(27)28)21-11-22-18(16)25-24-15(26)10-12-4-2-1-3-5-12/h1-9,11H,10,20H2,(H,24,26)(H,27,28)(H2,21,22,23,25). The molecule has 0 aliphatic heterocycles. The minimum absolute atomic E-state index is 0.171. The second kappa shape index (κ2) is 8.49. The first kappa shape index (κ1) is 18.6. The van der Waals surface area contributed by atoms with Crippen LogP contribution in [0.2, 0.25) is 0 Å². The molecule has 3 aromatic rings. The van der Waals surface area contributed by atoms with Gasteiger partial charge >= 0.3 is 5.97 Å². The average molecular weight is 378 g/mol. The van der Waals surface area contributed by atoms with Gasteiger partial charge in [-0.25, -0.2) is 14.8 Å². The average Bonchev–Trinajstić information content (AvgIpc) is 2.70. The van der Waals surface area contributed by atoms with Crippen molar-refractivity contribution in [1.29, 1.82) is 0 Å². The fourth-order valence-corrected chi connectivity index (χ4v) is 2.38. The number of anilines is 4. The van der Waals surface area contributed by atoms with Gasteiger partial charge in [-0.2, -0.15) is 0 Å². The number of nitrogens with one attached hydrogen (secondary N) is 3. The topological polar surface area (TPSA) is 142 Å². The molecule has 28 heavy (non-hydrogen) atoms. The number of aromatic carboxylic acids is 1. The number of carbonyl (C=O) groups is 2. The second-order valence-electron chi connectivity index (χ2n) is 5.83. The summed E-state index contributed by atoms with van der Waals surface area (Å²) in [6.07, 6.45) is 1.50. The zero-order valence-corrected chi connectivity index (χ0v) is 14.7. The van der Waals surface area contributed by atoms with Crippen LogP contribution in [-0.4, -0.2) is 27.0 Å². The molecule has 1 aromatic heterocycles. The summed E-state index contributed by atoms with van der Waals surface area (Å²) >= 11 is 0. The van der Waals surface area contributed by atoms with E-state index in [1.807, 2.05) is 30.3 Å². The van der Waals surface area contributed by atoms with Gasteiger partial charge in [-0.05, 0) is 29.8 Å². The highest BCUT2D eigenvalue weighted by Gasteiger charge is 2.10. The van der Waals surface area contributed by atoms with Crippen LogP contribution >= 0.6 is 0 Å². The largest absolute Gasteiger partial charge is 0.478 e. The van der Waals surface area contributed by atoms with Gasteiger partial charge in [-0.15, -0.1) is 0 Å². The Hall–Kier alpha value is -4.14. The van der Waals surface area contributed by atoms with Crippen molar-refractivity contribution >= 4 is 34.9 Å². The summed E-state index contributed by atoms with van der Waals surface area (Å²) in [5.41, 5.74) is 13.1. The number of amides is 1. The molecule has 1 heterocycles. The molecule has 142 valence electrons. The van der Waals surface area contributed by atoms with Crippen molar-refractivity contribution in [1.82, 2.24) is 15.4 Å². The summed E-state index contributed by atoms with van der Waals surface area (Å²) in [5, 5.41) is 11.9. The number of carboxylic acid groups (broad SMARTS) is 1. The molecule has 6 N–H and O–H groups in total. The highest BCUT2D eigenvalue weighted by atomic mass is 16.4. The summed E-state index contributed by atoms with van der Waals surface area (Å²) < 4.78 is 0. The molecule has 0 radical (unpaired) electrons. The third-order valence-corrected chi connectivity index (χ3v) is 3.81. The van der Waals surface area contributed by atoms with E-state index in [9.17, 15) is 9.59 Å². The van der Waals surface area contributed by atoms with Crippen molar-refractivity contribution in [3.8, 4) is 0 Å². The SMILES string of the molecule is Nc1c(NNC(=O)Cc2ccccc2)ncnc1Nc1ccc(C(=O)O)cc1. The Morgan fingerprint density at radius 3 is 2.32 bits per heavy atom. The van der Waals surface area contributed by atoms with Gasteiger partial charge in [0.15, 0.2) is 11.6 Å². The molecule has 0 unspecified atom stereocenters. The van der Waals surface area contributed by atoms with Crippen LogP contribution in [0.5, 0.6) is 0 Å². The molecule has 2 aromatic carbocycles. The maximum atomic E-state index is 12.0. The number of nitrogen functional groups attached to an aromatic ring is 1. The lowest BCUT2D eigenvalue weighted by Crippen LogP contribution is -2.31. The van der Waals surface area contributed by atoms with Crippen LogP contribution in [0.1, 0.15) is 15.9 Å². The predicted molar refractivity (Wildman–Crippen MR) is 105 cm³/mol. The van der Waals surface area contributed by atoms with Crippen molar-refractivity contribution in [2.45, 2.75) is 6.42 Å². The number of carboxylic acids is 1. The van der Waals surface area contributed by atoms with Crippen molar-refractivity contribution in [3.63, 3.8) is 0 Å². The Kier molecular flexibility index (Phi) is 5.66. The molecular weight excluding hydrogens is 360 g/mol. The van der Waals surface area contributed by atoms with Gasteiger partial charge in [0, 0.05) is 5.69 Å². The number of rotatable bonds is 7. The Bertz CT molecular complexity index is 977. The number of hydrogen-bond donors (Lipinski definition) is 5. The molecule has 0 atom stereocenters. The zero-order valence-electron chi connectivity index (χ0n) is 14.7. The molecule has 9 nitrogen and oxygen atoms in total. The molecule has 0 aliphatic rings. The van der Waals surface area contributed by atoms with Crippen LogP contribution in [0, 0.1) is 0 Å². The maximum absolute atomic E-state index is 12.0. The Balaban J connectivity index is 1.63. The number of nitrogens with two attached hydrogens (primary N) is 1. The van der Waals surface area contributed by atoms with E-state index in [-0.39, 0.29) is 29.4 Å². The Labute approximate surface area is 160 Å². The third-order valence-electron chi connectivity index (χ3n) is 3.81. The number of carbonyl (C=O) groups excluding carboxylic acids is 1. The molecule has 0 aliphatic carbocycles. The lowest BCUT2D eigenvalue weighted by atomic mass is 10.1. The van der Waals surface area contributed by atoms with E-state index >= 15 is 0 Å². The van der Waals surface area contributed by atoms with Gasteiger partial charge in [-0.1, -0.05) is 30.3 Å². The lowest BCUT2D eigenvalue weighted by molar-refractivity contribution is -0.119. The fourth-order valence-electron chi connectivity index (χ4n) is 2.38. The molecule has 3 rings (SSSR count). The van der Waals surface area contributed by atoms with Crippen LogP contribution in [0.25, 0.3) is 0 Å². The van der Waals surface area contributed by atoms with Gasteiger partial charge in [0.05, 0.1) is 12.0 Å². The third kappa shape index (κ3) is 4.73. The monoisotopic (exact) mass is 378 g/mol. The molecule has 0 saturated heterocycles. The maximum Gasteiger partial charge on any atom is 0.335 e. The summed E-state index contributed by atoms with van der Waals surface area (Å²) in [6.45, 7) is 0. The summed E-state index contributed by atoms with van der Waals surface area (Å²) in [4.78, 5) is 31.0. The van der Waals surface area contributed by atoms with E-state index in [2.05, 4.69) is 26.1 Å². The van der Waals surface area contributed by atoms with Crippen molar-refractivity contribution in [2.75, 3.05) is 16.5 Å². The zero-order chi connectivity index (χ0) is 19.9. The number of hydrazine groups is 1. The molecule has 0 saturated carbocycles. The van der Waals surface area contributed by atoms with Crippen LogP contribution in [-0.2, 0) is 11.2 Å². The Morgan fingerprint density at radius 1 is 0.964 bits per heavy atom. The normalized spacial score (nSPS) is 10.1. The van der Waals surface area contributed by atoms with Crippen molar-refractivity contribution < 1.29 is 14.7 Å². The van der Waals surface area contributed by atoms with Crippen LogP contribution in [0.4, 0.5) is 23.0 Å². The molecule has 0 bridgehead atoms. The second-order valence-corrected chi connectivity index (χ2v) is 5.83. The van der Waals surface area contributed by atoms with Gasteiger partial charge in [0.25, 0.3) is 0 Å². The van der Waals surface area contributed by atoms with Crippen molar-refractivity contribution in [3.05, 3.63) is 72.1 Å². The van der Waals surface area contributed by atoms with E-state index in [4.69, 9.17) is 10.8 Å². The smallest absolute Gasteiger partial charge is 0.335 e. The first-order valence-electron chi connectivity index (χ1n) is 8.32. The van der Waals surface area contributed by atoms with Crippen LogP contribution in [0.15, 0.2) is 60.9 Å². The van der Waals surface area contributed by atoms with Gasteiger partial charge in [0.2, 0.25) is 5.91 Å². The fraction of sp³-hybridized carbons (Fsp3) is 0.0526. The number of benzene rings is 2. The number of aromatic nitrogens is 2. The molecule has 0 fully saturated rings. The van der Waals surface area contributed by atoms with Crippen molar-refractivity contribution in [2.24, 2.45) is 0 Å². The van der Waals surface area contributed by atoms with Crippen LogP contribution in [0.3, 0.4) is 0 Å². The molecular formula is C19H18N6O3. The van der Waals surface area contributed by atoms with E-state index in [1.165, 1.54) is 18.5 Å². The van der Waals surface area contributed by atoms with E-state index < -0.39 is 5.97 Å². The lowest BCUT2D eigenvalue weighted by Gasteiger charge is -2.13. The van der Waals surface area contributed by atoms with E-state index in [1.54, 1.807) is 12.1 Å². The van der Waals surface area contributed by atoms with Crippen LogP contribution < -0.4 is 21.9 Å². The first-order chi connectivity index (χ1) is 13.5. The van der Waals surface area contributed by atoms with Gasteiger partial charge in [0.1, 0.15) is 12.0 Å². The van der Waals surface area contributed by atoms with E-state index in [0.717, 1.165) is 5.56 Å². The number of hydrogen-bond acceptors (Lipinski definition) is 7. The van der Waals surface area contributed by atoms with E-state index in [0.29, 0.717) is 11.5 Å². The number of nitrogens with zero attached hydrogens (tertiary/aromatic N) is 2. The molecule has 9 heteroatoms. The minimum atomic E-state index is -1.01. The molecule has 0 spiro atoms. The summed E-state index contributed by atoms with van der Waals surface area (Å²) in [7, 11) is 0. The highest BCUT2D eigenvalue weighted by Crippen LogP contribution is 2.25. The first-order valence-corrected chi connectivity index (χ1v) is 8.32. The predicted octanol–water partition coefficient (Wildman–Crippen LogP) is 2.19. The highest BCUT2D eigenvalue weighted by molar-refractivity contribution is 5.88.